The van der Waals surface area contributed by atoms with Crippen LogP contribution in [0.2, 0.25) is 5.02 Å². The number of nitrogens with two attached hydrogens (primary N) is 1. The van der Waals surface area contributed by atoms with Gasteiger partial charge in [0.2, 0.25) is 0 Å². The van der Waals surface area contributed by atoms with Crippen LogP contribution in [0.5, 0.6) is 0 Å². The first-order chi connectivity index (χ1) is 8.97. The molecule has 2 nitrogen and oxygen atoms in total. The highest BCUT2D eigenvalue weighted by molar-refractivity contribution is 9.10. The van der Waals surface area contributed by atoms with Gasteiger partial charge in [-0.05, 0) is 36.4 Å². The molecular weight excluding hydrogens is 351 g/mol. The van der Waals surface area contributed by atoms with Gasteiger partial charge in [-0.2, -0.15) is 0 Å². The summed E-state index contributed by atoms with van der Waals surface area (Å²) in [5, 5.41) is 3.30. The highest BCUT2D eigenvalue weighted by Gasteiger charge is 2.09. The molecule has 0 radical (unpaired) electrons. The summed E-state index contributed by atoms with van der Waals surface area (Å²) in [6.45, 7) is 0. The lowest BCUT2D eigenvalue weighted by atomic mass is 10.1. The predicted molar refractivity (Wildman–Crippen MR) is 84.7 cm³/mol. The third-order valence-corrected chi connectivity index (χ3v) is 3.40. The molecular formula is C13H9BrClFN2S. The Labute approximate surface area is 128 Å². The topological polar surface area (TPSA) is 38.0 Å². The molecule has 2 rings (SSSR count). The maximum Gasteiger partial charge on any atom is 0.148 e. The monoisotopic (exact) mass is 358 g/mol. The molecule has 3 N–H and O–H groups in total. The van der Waals surface area contributed by atoms with Crippen molar-refractivity contribution < 1.29 is 4.39 Å². The van der Waals surface area contributed by atoms with Gasteiger partial charge in [-0.15, -0.1) is 0 Å². The van der Waals surface area contributed by atoms with Crippen LogP contribution in [0, 0.1) is 5.82 Å². The van der Waals surface area contributed by atoms with Gasteiger partial charge in [0.05, 0.1) is 5.69 Å². The Balaban J connectivity index is 2.40. The van der Waals surface area contributed by atoms with Crippen LogP contribution in [0.15, 0.2) is 40.9 Å². The van der Waals surface area contributed by atoms with Gasteiger partial charge >= 0.3 is 0 Å². The molecule has 2 aromatic rings. The lowest BCUT2D eigenvalue weighted by Crippen LogP contribution is -2.12. The predicted octanol–water partition coefficient (Wildman–Crippen LogP) is 4.62. The second-order valence-corrected chi connectivity index (χ2v) is 5.60. The highest BCUT2D eigenvalue weighted by Crippen LogP contribution is 2.27. The van der Waals surface area contributed by atoms with E-state index in [-0.39, 0.29) is 4.99 Å². The second kappa shape index (κ2) is 5.86. The summed E-state index contributed by atoms with van der Waals surface area (Å²) in [6.07, 6.45) is 0. The average Bonchev–Trinajstić information content (AvgIpc) is 2.34. The molecule has 6 heteroatoms. The van der Waals surface area contributed by atoms with Crippen LogP contribution in [0.3, 0.4) is 0 Å². The maximum atomic E-state index is 13.7. The summed E-state index contributed by atoms with van der Waals surface area (Å²) in [5.74, 6) is -0.440. The van der Waals surface area contributed by atoms with E-state index in [0.29, 0.717) is 22.0 Å². The molecule has 0 atom stereocenters. The zero-order valence-electron chi connectivity index (χ0n) is 9.58. The second-order valence-electron chi connectivity index (χ2n) is 3.80. The van der Waals surface area contributed by atoms with Crippen molar-refractivity contribution in [1.29, 1.82) is 0 Å². The van der Waals surface area contributed by atoms with Gasteiger partial charge in [-0.3, -0.25) is 0 Å². The number of thiocarbonyl (C=S) groups is 1. The van der Waals surface area contributed by atoms with Crippen LogP contribution < -0.4 is 11.1 Å². The molecule has 0 aliphatic carbocycles. The molecule has 0 saturated carbocycles. The molecule has 2 aromatic carbocycles. The van der Waals surface area contributed by atoms with Crippen LogP contribution in [0.25, 0.3) is 0 Å². The number of benzene rings is 2. The Morgan fingerprint density at radius 3 is 2.53 bits per heavy atom. The van der Waals surface area contributed by atoms with E-state index in [4.69, 9.17) is 29.6 Å². The molecule has 0 aromatic heterocycles. The number of rotatable bonds is 3. The van der Waals surface area contributed by atoms with Crippen molar-refractivity contribution in [1.82, 2.24) is 0 Å². The number of nitrogens with one attached hydrogen (secondary N) is 1. The van der Waals surface area contributed by atoms with Crippen molar-refractivity contribution >= 4 is 56.1 Å². The third-order valence-electron chi connectivity index (χ3n) is 2.45. The van der Waals surface area contributed by atoms with Crippen molar-refractivity contribution in [3.8, 4) is 0 Å². The minimum Gasteiger partial charge on any atom is -0.389 e. The summed E-state index contributed by atoms with van der Waals surface area (Å²) in [6, 6.07) is 9.77. The molecule has 98 valence electrons. The number of halogens is 3. The molecule has 0 heterocycles. The van der Waals surface area contributed by atoms with Gasteiger partial charge in [-0.25, -0.2) is 4.39 Å². The maximum absolute atomic E-state index is 13.7. The first-order valence-corrected chi connectivity index (χ1v) is 6.87. The van der Waals surface area contributed by atoms with Gasteiger partial charge in [0.15, 0.2) is 0 Å². The Kier molecular flexibility index (Phi) is 4.39. The molecule has 19 heavy (non-hydrogen) atoms. The first kappa shape index (κ1) is 14.2. The first-order valence-electron chi connectivity index (χ1n) is 5.29. The molecule has 0 bridgehead atoms. The van der Waals surface area contributed by atoms with E-state index in [9.17, 15) is 4.39 Å². The van der Waals surface area contributed by atoms with Crippen LogP contribution in [-0.4, -0.2) is 4.99 Å². The Hall–Kier alpha value is -1.17. The molecule has 0 spiro atoms. The van der Waals surface area contributed by atoms with Gasteiger partial charge in [0, 0.05) is 20.7 Å². The lowest BCUT2D eigenvalue weighted by molar-refractivity contribution is 0.632. The summed E-state index contributed by atoms with van der Waals surface area (Å²) in [5.41, 5.74) is 7.24. The average molecular weight is 360 g/mol. The van der Waals surface area contributed by atoms with E-state index in [2.05, 4.69) is 21.2 Å². The molecule has 0 aliphatic rings. The van der Waals surface area contributed by atoms with Crippen molar-refractivity contribution in [3.63, 3.8) is 0 Å². The van der Waals surface area contributed by atoms with Crippen LogP contribution in [0.1, 0.15) is 5.56 Å². The fraction of sp³-hybridized carbons (Fsp3) is 0. The fourth-order valence-electron chi connectivity index (χ4n) is 1.57. The van der Waals surface area contributed by atoms with Gasteiger partial charge < -0.3 is 11.1 Å². The Morgan fingerprint density at radius 1 is 1.21 bits per heavy atom. The van der Waals surface area contributed by atoms with E-state index in [1.165, 1.54) is 6.07 Å². The zero-order valence-corrected chi connectivity index (χ0v) is 12.7. The lowest BCUT2D eigenvalue weighted by Gasteiger charge is -2.12. The standard InChI is InChI=1S/C13H9BrClFN2S/c14-7-1-3-11(9(5-7)13(17)19)18-12-4-2-8(15)6-10(12)16/h1-6,18H,(H2,17,19). The molecule has 0 amide bonds. The molecule has 0 saturated heterocycles. The number of anilines is 2. The highest BCUT2D eigenvalue weighted by atomic mass is 79.9. The van der Waals surface area contributed by atoms with Crippen molar-refractivity contribution in [2.24, 2.45) is 5.73 Å². The van der Waals surface area contributed by atoms with E-state index in [1.54, 1.807) is 24.3 Å². The number of hydrogen-bond donors (Lipinski definition) is 2. The fourth-order valence-corrected chi connectivity index (χ4v) is 2.25. The van der Waals surface area contributed by atoms with Gasteiger partial charge in [-0.1, -0.05) is 39.7 Å². The van der Waals surface area contributed by atoms with Gasteiger partial charge in [0.25, 0.3) is 0 Å². The smallest absolute Gasteiger partial charge is 0.148 e. The summed E-state index contributed by atoms with van der Waals surface area (Å²) in [7, 11) is 0. The summed E-state index contributed by atoms with van der Waals surface area (Å²) < 4.78 is 14.6. The Bertz CT molecular complexity index is 649. The quantitative estimate of drug-likeness (QED) is 0.785. The summed E-state index contributed by atoms with van der Waals surface area (Å²) >= 11 is 14.0. The van der Waals surface area contributed by atoms with Crippen LogP contribution in [0.4, 0.5) is 15.8 Å². The molecule has 0 aliphatic heterocycles. The van der Waals surface area contributed by atoms with E-state index < -0.39 is 5.82 Å². The minimum atomic E-state index is -0.440. The van der Waals surface area contributed by atoms with Gasteiger partial charge in [0.1, 0.15) is 10.8 Å². The Morgan fingerprint density at radius 2 is 1.89 bits per heavy atom. The van der Waals surface area contributed by atoms with E-state index >= 15 is 0 Å². The molecule has 0 fully saturated rings. The minimum absolute atomic E-state index is 0.234. The zero-order chi connectivity index (χ0) is 14.0. The van der Waals surface area contributed by atoms with E-state index in [1.807, 2.05) is 6.07 Å². The van der Waals surface area contributed by atoms with Crippen molar-refractivity contribution in [3.05, 3.63) is 57.3 Å². The SMILES string of the molecule is NC(=S)c1cc(Br)ccc1Nc1ccc(Cl)cc1F. The summed E-state index contributed by atoms with van der Waals surface area (Å²) in [4.78, 5) is 0.234. The van der Waals surface area contributed by atoms with Crippen LogP contribution in [-0.2, 0) is 0 Å². The largest absolute Gasteiger partial charge is 0.389 e. The van der Waals surface area contributed by atoms with Crippen molar-refractivity contribution in [2.75, 3.05) is 5.32 Å². The normalized spacial score (nSPS) is 10.3. The number of hydrogen-bond acceptors (Lipinski definition) is 2. The van der Waals surface area contributed by atoms with E-state index in [0.717, 1.165) is 4.47 Å². The third kappa shape index (κ3) is 3.43. The van der Waals surface area contributed by atoms with Crippen molar-refractivity contribution in [2.45, 2.75) is 0 Å². The molecule has 0 unspecified atom stereocenters. The van der Waals surface area contributed by atoms with Crippen LogP contribution >= 0.6 is 39.7 Å².